The van der Waals surface area contributed by atoms with E-state index >= 15 is 0 Å². The van der Waals surface area contributed by atoms with Crippen molar-refractivity contribution in [1.82, 2.24) is 10.2 Å². The first-order chi connectivity index (χ1) is 9.56. The first kappa shape index (κ1) is 13.5. The third kappa shape index (κ3) is 2.57. The molecule has 1 aliphatic heterocycles. The van der Waals surface area contributed by atoms with Gasteiger partial charge in [-0.2, -0.15) is 0 Å². The molecule has 106 valence electrons. The predicted octanol–water partition coefficient (Wildman–Crippen LogP) is 1.94. The number of halogens is 2. The van der Waals surface area contributed by atoms with Crippen molar-refractivity contribution in [2.45, 2.75) is 18.9 Å². The molecule has 1 saturated heterocycles. The highest BCUT2D eigenvalue weighted by atomic mass is 79.9. The summed E-state index contributed by atoms with van der Waals surface area (Å²) in [7, 11) is 0. The van der Waals surface area contributed by atoms with Gasteiger partial charge in [-0.15, -0.1) is 0 Å². The van der Waals surface area contributed by atoms with Gasteiger partial charge in [0.1, 0.15) is 5.82 Å². The van der Waals surface area contributed by atoms with E-state index in [4.69, 9.17) is 0 Å². The number of carbonyl (C=O) groups excluding carboxylic acids is 2. The van der Waals surface area contributed by atoms with Crippen LogP contribution in [0.25, 0.3) is 0 Å². The van der Waals surface area contributed by atoms with Crippen molar-refractivity contribution in [2.75, 3.05) is 13.1 Å². The van der Waals surface area contributed by atoms with E-state index in [1.165, 1.54) is 6.07 Å². The summed E-state index contributed by atoms with van der Waals surface area (Å²) in [5.41, 5.74) is 0.0614. The molecule has 2 amide bonds. The number of hydrogen-bond acceptors (Lipinski definition) is 2. The lowest BCUT2D eigenvalue weighted by atomic mass is 10.1. The lowest BCUT2D eigenvalue weighted by Gasteiger charge is -2.39. The molecular formula is C14H14BrFN2O2. The van der Waals surface area contributed by atoms with Crippen LogP contribution in [0.15, 0.2) is 22.7 Å². The van der Waals surface area contributed by atoms with Crippen LogP contribution in [0.3, 0.4) is 0 Å². The van der Waals surface area contributed by atoms with Crippen LogP contribution >= 0.6 is 15.9 Å². The fraction of sp³-hybridized carbons (Fsp3) is 0.429. The van der Waals surface area contributed by atoms with Gasteiger partial charge in [-0.1, -0.05) is 6.07 Å². The molecule has 1 aromatic carbocycles. The van der Waals surface area contributed by atoms with Crippen molar-refractivity contribution in [3.05, 3.63) is 34.1 Å². The Morgan fingerprint density at radius 2 is 2.00 bits per heavy atom. The first-order valence-electron chi connectivity index (χ1n) is 6.60. The van der Waals surface area contributed by atoms with Gasteiger partial charge in [0, 0.05) is 19.0 Å². The van der Waals surface area contributed by atoms with Crippen LogP contribution in [-0.2, 0) is 4.79 Å². The van der Waals surface area contributed by atoms with E-state index in [9.17, 15) is 14.0 Å². The lowest BCUT2D eigenvalue weighted by molar-refractivity contribution is -0.123. The van der Waals surface area contributed by atoms with Crippen molar-refractivity contribution in [1.29, 1.82) is 0 Å². The number of benzene rings is 1. The van der Waals surface area contributed by atoms with E-state index < -0.39 is 5.82 Å². The minimum Gasteiger partial charge on any atom is -0.350 e. The molecule has 1 saturated carbocycles. The van der Waals surface area contributed by atoms with Gasteiger partial charge >= 0.3 is 0 Å². The largest absolute Gasteiger partial charge is 0.350 e. The third-order valence-electron chi connectivity index (χ3n) is 3.65. The fourth-order valence-corrected chi connectivity index (χ4v) is 2.61. The molecule has 1 N–H and O–H groups in total. The molecule has 20 heavy (non-hydrogen) atoms. The van der Waals surface area contributed by atoms with Crippen molar-refractivity contribution < 1.29 is 14.0 Å². The summed E-state index contributed by atoms with van der Waals surface area (Å²) in [6.45, 7) is 0.895. The number of nitrogens with one attached hydrogen (secondary N) is 1. The maximum absolute atomic E-state index is 13.8. The lowest BCUT2D eigenvalue weighted by Crippen LogP contribution is -2.61. The number of amides is 2. The number of nitrogens with zero attached hydrogens (tertiary/aromatic N) is 1. The summed E-state index contributed by atoms with van der Waals surface area (Å²) in [5.74, 6) is -0.623. The van der Waals surface area contributed by atoms with Crippen LogP contribution in [0.2, 0.25) is 0 Å². The van der Waals surface area contributed by atoms with Gasteiger partial charge in [0.15, 0.2) is 0 Å². The quantitative estimate of drug-likeness (QED) is 0.914. The molecule has 0 atom stereocenters. The van der Waals surface area contributed by atoms with Crippen LogP contribution in [-0.4, -0.2) is 35.8 Å². The fourth-order valence-electron chi connectivity index (χ4n) is 2.24. The normalized spacial score (nSPS) is 18.6. The highest BCUT2D eigenvalue weighted by Crippen LogP contribution is 2.29. The molecular weight excluding hydrogens is 327 g/mol. The topological polar surface area (TPSA) is 49.4 Å². The molecule has 1 aliphatic carbocycles. The van der Waals surface area contributed by atoms with E-state index in [2.05, 4.69) is 21.2 Å². The van der Waals surface area contributed by atoms with E-state index in [1.54, 1.807) is 17.0 Å². The van der Waals surface area contributed by atoms with Gasteiger partial charge in [-0.05, 0) is 40.9 Å². The van der Waals surface area contributed by atoms with Crippen molar-refractivity contribution in [3.63, 3.8) is 0 Å². The molecule has 0 unspecified atom stereocenters. The van der Waals surface area contributed by atoms with E-state index in [0.29, 0.717) is 13.1 Å². The van der Waals surface area contributed by atoms with Crippen molar-refractivity contribution in [3.8, 4) is 0 Å². The van der Waals surface area contributed by atoms with Gasteiger partial charge in [0.2, 0.25) is 5.91 Å². The van der Waals surface area contributed by atoms with Gasteiger partial charge in [-0.25, -0.2) is 4.39 Å². The van der Waals surface area contributed by atoms with Gasteiger partial charge in [0.05, 0.1) is 16.1 Å². The van der Waals surface area contributed by atoms with Gasteiger partial charge < -0.3 is 10.2 Å². The molecule has 4 nitrogen and oxygen atoms in total. The summed E-state index contributed by atoms with van der Waals surface area (Å²) in [4.78, 5) is 25.2. The van der Waals surface area contributed by atoms with E-state index in [1.807, 2.05) is 0 Å². The van der Waals surface area contributed by atoms with Crippen molar-refractivity contribution >= 4 is 27.7 Å². The Morgan fingerprint density at radius 1 is 1.30 bits per heavy atom. The third-order valence-corrected chi connectivity index (χ3v) is 4.26. The Balaban J connectivity index is 1.57. The number of carbonyl (C=O) groups is 2. The molecule has 0 spiro atoms. The average molecular weight is 341 g/mol. The minimum atomic E-state index is -0.539. The van der Waals surface area contributed by atoms with Gasteiger partial charge in [0.25, 0.3) is 5.91 Å². The van der Waals surface area contributed by atoms with Crippen LogP contribution in [0.4, 0.5) is 4.39 Å². The molecule has 0 radical (unpaired) electrons. The van der Waals surface area contributed by atoms with Crippen LogP contribution in [0, 0.1) is 11.7 Å². The molecule has 1 heterocycles. The van der Waals surface area contributed by atoms with Crippen molar-refractivity contribution in [2.24, 2.45) is 5.92 Å². The second-order valence-corrected chi connectivity index (χ2v) is 6.15. The van der Waals surface area contributed by atoms with E-state index in [-0.39, 0.29) is 33.8 Å². The molecule has 3 rings (SSSR count). The predicted molar refractivity (Wildman–Crippen MR) is 74.7 cm³/mol. The molecule has 2 fully saturated rings. The second-order valence-electron chi connectivity index (χ2n) is 5.29. The van der Waals surface area contributed by atoms with Crippen LogP contribution < -0.4 is 5.32 Å². The second kappa shape index (κ2) is 5.16. The minimum absolute atomic E-state index is 0.00210. The Hall–Kier alpha value is -1.43. The van der Waals surface area contributed by atoms with Crippen LogP contribution in [0.5, 0.6) is 0 Å². The smallest absolute Gasteiger partial charge is 0.257 e. The number of hydrogen-bond donors (Lipinski definition) is 1. The van der Waals surface area contributed by atoms with Gasteiger partial charge in [-0.3, -0.25) is 9.59 Å². The van der Waals surface area contributed by atoms with E-state index in [0.717, 1.165) is 12.8 Å². The van der Waals surface area contributed by atoms with Crippen LogP contribution in [0.1, 0.15) is 23.2 Å². The first-order valence-corrected chi connectivity index (χ1v) is 7.39. The summed E-state index contributed by atoms with van der Waals surface area (Å²) >= 11 is 3.07. The highest BCUT2D eigenvalue weighted by Gasteiger charge is 2.37. The summed E-state index contributed by atoms with van der Waals surface area (Å²) in [6, 6.07) is 4.66. The maximum atomic E-state index is 13.8. The average Bonchev–Trinajstić information content (AvgIpc) is 3.20. The molecule has 1 aromatic rings. The SMILES string of the molecule is O=C(NC1CN(C(=O)c2cccc(Br)c2F)C1)C1CC1. The summed E-state index contributed by atoms with van der Waals surface area (Å²) in [5, 5.41) is 2.90. The summed E-state index contributed by atoms with van der Waals surface area (Å²) in [6.07, 6.45) is 1.93. The highest BCUT2D eigenvalue weighted by molar-refractivity contribution is 9.10. The molecule has 6 heteroatoms. The zero-order valence-electron chi connectivity index (χ0n) is 10.7. The Labute approximate surface area is 124 Å². The molecule has 0 bridgehead atoms. The zero-order chi connectivity index (χ0) is 14.3. The number of likely N-dealkylation sites (tertiary alicyclic amines) is 1. The Kier molecular flexibility index (Phi) is 3.50. The maximum Gasteiger partial charge on any atom is 0.257 e. The Bertz CT molecular complexity index is 568. The monoisotopic (exact) mass is 340 g/mol. The Morgan fingerprint density at radius 3 is 2.65 bits per heavy atom. The number of rotatable bonds is 3. The zero-order valence-corrected chi connectivity index (χ0v) is 12.3. The molecule has 2 aliphatic rings. The standard InChI is InChI=1S/C14H14BrFN2O2/c15-11-3-1-2-10(12(11)16)14(20)18-6-9(7-18)17-13(19)8-4-5-8/h1-3,8-9H,4-7H2,(H,17,19). The summed E-state index contributed by atoms with van der Waals surface area (Å²) < 4.78 is 14.1. The molecule has 0 aromatic heterocycles.